The number of ether oxygens (including phenoxy) is 2. The van der Waals surface area contributed by atoms with Gasteiger partial charge in [-0.1, -0.05) is 0 Å². The number of hydrogen-bond donors (Lipinski definition) is 3. The average molecular weight is 341 g/mol. The van der Waals surface area contributed by atoms with Gasteiger partial charge in [-0.15, -0.1) is 0 Å². The number of hydrogen-bond acceptors (Lipinski definition) is 6. The van der Waals surface area contributed by atoms with Crippen LogP contribution in [-0.2, 0) is 14.8 Å². The van der Waals surface area contributed by atoms with Crippen molar-refractivity contribution in [3.8, 4) is 11.5 Å². The molecule has 1 aromatic carbocycles. The fourth-order valence-corrected chi connectivity index (χ4v) is 3.93. The van der Waals surface area contributed by atoms with Crippen LogP contribution in [-0.4, -0.2) is 47.7 Å². The van der Waals surface area contributed by atoms with Crippen LogP contribution in [0.2, 0.25) is 0 Å². The number of carbonyl (C=O) groups excluding carboxylic acids is 1. The maximum Gasteiger partial charge on any atom is 0.262 e. The highest BCUT2D eigenvalue weighted by Gasteiger charge is 2.26. The molecule has 0 radical (unpaired) electrons. The maximum absolute atomic E-state index is 12.6. The molecule has 1 amide bonds. The third-order valence-corrected chi connectivity index (χ3v) is 5.36. The fourth-order valence-electron chi connectivity index (χ4n) is 2.65. The van der Waals surface area contributed by atoms with Gasteiger partial charge in [0.25, 0.3) is 5.91 Å². The second-order valence-corrected chi connectivity index (χ2v) is 7.28. The van der Waals surface area contributed by atoms with E-state index in [9.17, 15) is 13.2 Å². The highest BCUT2D eigenvalue weighted by Crippen LogP contribution is 2.37. The molecular formula is C14H19N3O5S. The summed E-state index contributed by atoms with van der Waals surface area (Å²) in [7, 11) is -2.35. The molecule has 23 heavy (non-hydrogen) atoms. The molecule has 2 aliphatic heterocycles. The second kappa shape index (κ2) is 6.34. The van der Waals surface area contributed by atoms with E-state index in [2.05, 4.69) is 15.4 Å². The Labute approximate surface area is 134 Å². The molecule has 126 valence electrons. The summed E-state index contributed by atoms with van der Waals surface area (Å²) in [6.07, 6.45) is 0.943. The lowest BCUT2D eigenvalue weighted by Crippen LogP contribution is -2.31. The molecule has 2 heterocycles. The lowest BCUT2D eigenvalue weighted by Gasteiger charge is -2.20. The van der Waals surface area contributed by atoms with Crippen LogP contribution in [0.1, 0.15) is 6.42 Å². The molecule has 0 spiro atoms. The van der Waals surface area contributed by atoms with Crippen molar-refractivity contribution in [1.82, 2.24) is 10.0 Å². The smallest absolute Gasteiger partial charge is 0.262 e. The first-order valence-corrected chi connectivity index (χ1v) is 8.83. The molecule has 2 aliphatic rings. The summed E-state index contributed by atoms with van der Waals surface area (Å²) in [5.74, 6) is 0.464. The highest BCUT2D eigenvalue weighted by molar-refractivity contribution is 7.89. The van der Waals surface area contributed by atoms with Crippen molar-refractivity contribution in [1.29, 1.82) is 0 Å². The molecule has 8 nitrogen and oxygen atoms in total. The van der Waals surface area contributed by atoms with Crippen LogP contribution in [0.25, 0.3) is 0 Å². The molecule has 1 saturated heterocycles. The monoisotopic (exact) mass is 341 g/mol. The Balaban J connectivity index is 1.86. The van der Waals surface area contributed by atoms with E-state index in [4.69, 9.17) is 9.47 Å². The minimum absolute atomic E-state index is 0.000792. The van der Waals surface area contributed by atoms with Gasteiger partial charge in [-0.25, -0.2) is 13.1 Å². The number of carbonyl (C=O) groups is 1. The molecule has 0 aromatic heterocycles. The predicted molar refractivity (Wildman–Crippen MR) is 83.3 cm³/mol. The number of rotatable bonds is 5. The molecule has 1 aromatic rings. The Morgan fingerprint density at radius 1 is 1.43 bits per heavy atom. The molecule has 9 heteroatoms. The SMILES string of the molecule is COc1cc2c(cc1S(=O)(=O)NCC1CCNC1)OCC(=O)N2. The van der Waals surface area contributed by atoms with Gasteiger partial charge < -0.3 is 20.1 Å². The maximum atomic E-state index is 12.6. The van der Waals surface area contributed by atoms with Crippen LogP contribution in [0, 0.1) is 5.92 Å². The minimum Gasteiger partial charge on any atom is -0.495 e. The summed E-state index contributed by atoms with van der Waals surface area (Å²) in [6, 6.07) is 2.83. The number of nitrogens with one attached hydrogen (secondary N) is 3. The van der Waals surface area contributed by atoms with Gasteiger partial charge in [0.2, 0.25) is 10.0 Å². The van der Waals surface area contributed by atoms with E-state index in [-0.39, 0.29) is 29.1 Å². The van der Waals surface area contributed by atoms with Crippen molar-refractivity contribution < 1.29 is 22.7 Å². The van der Waals surface area contributed by atoms with Crippen LogP contribution in [0.15, 0.2) is 17.0 Å². The van der Waals surface area contributed by atoms with Crippen LogP contribution in [0.5, 0.6) is 11.5 Å². The number of methoxy groups -OCH3 is 1. The zero-order chi connectivity index (χ0) is 16.4. The van der Waals surface area contributed by atoms with Gasteiger partial charge in [0.05, 0.1) is 12.8 Å². The molecular weight excluding hydrogens is 322 g/mol. The van der Waals surface area contributed by atoms with Crippen molar-refractivity contribution in [2.75, 3.05) is 38.7 Å². The fraction of sp³-hybridized carbons (Fsp3) is 0.500. The number of sulfonamides is 1. The van der Waals surface area contributed by atoms with Crippen molar-refractivity contribution >= 4 is 21.6 Å². The van der Waals surface area contributed by atoms with Crippen molar-refractivity contribution in [2.45, 2.75) is 11.3 Å². The van der Waals surface area contributed by atoms with Gasteiger partial charge in [-0.2, -0.15) is 0 Å². The van der Waals surface area contributed by atoms with Gasteiger partial charge in [-0.3, -0.25) is 4.79 Å². The van der Waals surface area contributed by atoms with Gasteiger partial charge >= 0.3 is 0 Å². The molecule has 0 aliphatic carbocycles. The lowest BCUT2D eigenvalue weighted by molar-refractivity contribution is -0.118. The van der Waals surface area contributed by atoms with E-state index < -0.39 is 10.0 Å². The zero-order valence-corrected chi connectivity index (χ0v) is 13.5. The van der Waals surface area contributed by atoms with Crippen LogP contribution in [0.4, 0.5) is 5.69 Å². The first-order chi connectivity index (χ1) is 11.0. The molecule has 3 N–H and O–H groups in total. The number of fused-ring (bicyclic) bond motifs is 1. The minimum atomic E-state index is -3.73. The third kappa shape index (κ3) is 3.41. The van der Waals surface area contributed by atoms with E-state index in [1.54, 1.807) is 0 Å². The normalized spacial score (nSPS) is 20.6. The summed E-state index contributed by atoms with van der Waals surface area (Å²) < 4.78 is 38.2. The summed E-state index contributed by atoms with van der Waals surface area (Å²) in [6.45, 7) is 1.94. The van der Waals surface area contributed by atoms with Gasteiger partial charge in [0.15, 0.2) is 6.61 Å². The summed E-state index contributed by atoms with van der Waals surface area (Å²) >= 11 is 0. The Morgan fingerprint density at radius 3 is 2.96 bits per heavy atom. The van der Waals surface area contributed by atoms with E-state index in [1.807, 2.05) is 0 Å². The van der Waals surface area contributed by atoms with Gasteiger partial charge in [-0.05, 0) is 25.4 Å². The van der Waals surface area contributed by atoms with Crippen molar-refractivity contribution in [2.24, 2.45) is 5.92 Å². The van der Waals surface area contributed by atoms with E-state index in [0.717, 1.165) is 19.5 Å². The Morgan fingerprint density at radius 2 is 2.26 bits per heavy atom. The van der Waals surface area contributed by atoms with Crippen molar-refractivity contribution in [3.63, 3.8) is 0 Å². The first kappa shape index (κ1) is 16.0. The topological polar surface area (TPSA) is 106 Å². The molecule has 1 atom stereocenters. The van der Waals surface area contributed by atoms with Crippen LogP contribution in [0.3, 0.4) is 0 Å². The zero-order valence-electron chi connectivity index (χ0n) is 12.7. The van der Waals surface area contributed by atoms with Crippen molar-refractivity contribution in [3.05, 3.63) is 12.1 Å². The van der Waals surface area contributed by atoms with E-state index >= 15 is 0 Å². The molecule has 1 fully saturated rings. The van der Waals surface area contributed by atoms with E-state index in [0.29, 0.717) is 18.0 Å². The Hall–Kier alpha value is -1.84. The second-order valence-electron chi connectivity index (χ2n) is 5.55. The number of amides is 1. The summed E-state index contributed by atoms with van der Waals surface area (Å²) in [5, 5.41) is 5.82. The largest absolute Gasteiger partial charge is 0.495 e. The summed E-state index contributed by atoms with van der Waals surface area (Å²) in [4.78, 5) is 11.3. The molecule has 3 rings (SSSR count). The molecule has 0 bridgehead atoms. The molecule has 0 saturated carbocycles. The Kier molecular flexibility index (Phi) is 4.42. The number of anilines is 1. The summed E-state index contributed by atoms with van der Waals surface area (Å²) in [5.41, 5.74) is 0.400. The standard InChI is InChI=1S/C14H19N3O5S/c1-21-12-4-10-11(22-8-14(18)17-10)5-13(12)23(19,20)16-7-9-2-3-15-6-9/h4-5,9,15-16H,2-3,6-8H2,1H3,(H,17,18). The average Bonchev–Trinajstić information content (AvgIpc) is 3.05. The highest BCUT2D eigenvalue weighted by atomic mass is 32.2. The van der Waals surface area contributed by atoms with E-state index in [1.165, 1.54) is 19.2 Å². The quantitative estimate of drug-likeness (QED) is 0.691. The molecule has 1 unspecified atom stereocenters. The van der Waals surface area contributed by atoms with Crippen LogP contribution >= 0.6 is 0 Å². The van der Waals surface area contributed by atoms with Crippen LogP contribution < -0.4 is 24.8 Å². The first-order valence-electron chi connectivity index (χ1n) is 7.34. The third-order valence-electron chi connectivity index (χ3n) is 3.91. The lowest BCUT2D eigenvalue weighted by atomic mass is 10.1. The predicted octanol–water partition coefficient (Wildman–Crippen LogP) is -0.0861. The van der Waals surface area contributed by atoms with Gasteiger partial charge in [0, 0.05) is 18.7 Å². The van der Waals surface area contributed by atoms with Gasteiger partial charge in [0.1, 0.15) is 16.4 Å². The Bertz CT molecular complexity index is 713. The number of benzene rings is 1.